The second-order valence-corrected chi connectivity index (χ2v) is 10.9. The van der Waals surface area contributed by atoms with Gasteiger partial charge in [-0.25, -0.2) is 9.97 Å². The molecule has 184 valence electrons. The number of aromatic nitrogens is 2. The lowest BCUT2D eigenvalue weighted by Crippen LogP contribution is -2.42. The van der Waals surface area contributed by atoms with Gasteiger partial charge in [0.15, 0.2) is 0 Å². The molecule has 2 fully saturated rings. The highest BCUT2D eigenvalue weighted by atomic mass is 32.2. The molecule has 1 amide bonds. The summed E-state index contributed by atoms with van der Waals surface area (Å²) in [6.45, 7) is 7.70. The van der Waals surface area contributed by atoms with Crippen LogP contribution in [0, 0.1) is 5.92 Å². The molecule has 0 N–H and O–H groups in total. The third-order valence-electron chi connectivity index (χ3n) is 7.01. The highest BCUT2D eigenvalue weighted by Gasteiger charge is 2.27. The average Bonchev–Trinajstić information content (AvgIpc) is 2.90. The van der Waals surface area contributed by atoms with Crippen LogP contribution in [0.1, 0.15) is 31.2 Å². The maximum absolute atomic E-state index is 13.3. The van der Waals surface area contributed by atoms with Gasteiger partial charge in [-0.05, 0) is 43.7 Å². The smallest absolute Gasteiger partial charge is 0.235 e. The number of morpholine rings is 1. The van der Waals surface area contributed by atoms with E-state index in [0.29, 0.717) is 12.5 Å². The first kappa shape index (κ1) is 24.2. The number of piperidine rings is 1. The Balaban J connectivity index is 1.23. The van der Waals surface area contributed by atoms with Crippen LogP contribution in [0.2, 0.25) is 0 Å². The first-order valence-electron chi connectivity index (χ1n) is 12.7. The number of carbonyl (C=O) groups is 1. The molecule has 5 rings (SSSR count). The summed E-state index contributed by atoms with van der Waals surface area (Å²) in [6.07, 6.45) is 3.24. The van der Waals surface area contributed by atoms with E-state index in [1.807, 2.05) is 25.1 Å². The van der Waals surface area contributed by atoms with Crippen LogP contribution >= 0.6 is 11.8 Å². The largest absolute Gasteiger partial charge is 0.379 e. The predicted molar refractivity (Wildman–Crippen MR) is 140 cm³/mol. The van der Waals surface area contributed by atoms with Gasteiger partial charge in [0.05, 0.1) is 30.5 Å². The molecule has 1 atom stereocenters. The standard InChI is InChI=1S/C28H34N4O2S/c1-21(28(33)32-13-11-23(12-14-32)19-22-7-3-2-4-8-22)35-27-24-9-5-6-10-25(24)29-26(30-27)20-31-15-17-34-18-16-31/h2-10,21,23H,11-20H2,1H3/t21-/m0/s1. The van der Waals surface area contributed by atoms with E-state index in [2.05, 4.69) is 46.2 Å². The number of fused-ring (bicyclic) bond motifs is 1. The summed E-state index contributed by atoms with van der Waals surface area (Å²) in [5.74, 6) is 1.68. The Bertz CT molecular complexity index is 1130. The highest BCUT2D eigenvalue weighted by molar-refractivity contribution is 8.00. The minimum Gasteiger partial charge on any atom is -0.379 e. The number of nitrogens with zero attached hydrogens (tertiary/aromatic N) is 4. The Hall–Kier alpha value is -2.48. The van der Waals surface area contributed by atoms with E-state index >= 15 is 0 Å². The molecular formula is C28H34N4O2S. The highest BCUT2D eigenvalue weighted by Crippen LogP contribution is 2.31. The molecule has 0 unspecified atom stereocenters. The van der Waals surface area contributed by atoms with Gasteiger partial charge in [0.2, 0.25) is 5.91 Å². The van der Waals surface area contributed by atoms with Gasteiger partial charge in [0.1, 0.15) is 10.9 Å². The fourth-order valence-electron chi connectivity index (χ4n) is 4.99. The van der Waals surface area contributed by atoms with Crippen LogP contribution in [0.15, 0.2) is 59.6 Å². The minimum atomic E-state index is -0.185. The Morgan fingerprint density at radius 1 is 1.00 bits per heavy atom. The first-order chi connectivity index (χ1) is 17.2. The Labute approximate surface area is 212 Å². The van der Waals surface area contributed by atoms with Gasteiger partial charge in [-0.1, -0.05) is 60.3 Å². The number of rotatable bonds is 7. The molecule has 6 nitrogen and oxygen atoms in total. The molecule has 2 saturated heterocycles. The van der Waals surface area contributed by atoms with Gasteiger partial charge in [0.25, 0.3) is 0 Å². The average molecular weight is 491 g/mol. The van der Waals surface area contributed by atoms with Crippen LogP contribution < -0.4 is 0 Å². The zero-order valence-corrected chi connectivity index (χ0v) is 21.3. The minimum absolute atomic E-state index is 0.185. The van der Waals surface area contributed by atoms with Crippen LogP contribution in [0.5, 0.6) is 0 Å². The number of likely N-dealkylation sites (tertiary alicyclic amines) is 1. The normalized spacial score (nSPS) is 18.6. The van der Waals surface area contributed by atoms with E-state index in [4.69, 9.17) is 14.7 Å². The first-order valence-corrected chi connectivity index (χ1v) is 13.6. The molecule has 3 heterocycles. The molecule has 0 aliphatic carbocycles. The molecule has 1 aromatic heterocycles. The number of amides is 1. The van der Waals surface area contributed by atoms with Crippen LogP contribution in [0.25, 0.3) is 10.9 Å². The van der Waals surface area contributed by atoms with Crippen molar-refractivity contribution in [2.75, 3.05) is 39.4 Å². The lowest BCUT2D eigenvalue weighted by Gasteiger charge is -2.33. The molecule has 2 aliphatic heterocycles. The fourth-order valence-corrected chi connectivity index (χ4v) is 6.04. The van der Waals surface area contributed by atoms with Gasteiger partial charge in [-0.3, -0.25) is 9.69 Å². The zero-order valence-electron chi connectivity index (χ0n) is 20.4. The molecule has 2 aromatic carbocycles. The quantitative estimate of drug-likeness (QED) is 0.361. The number of hydrogen-bond acceptors (Lipinski definition) is 6. The van der Waals surface area contributed by atoms with Crippen molar-refractivity contribution in [3.63, 3.8) is 0 Å². The number of hydrogen-bond donors (Lipinski definition) is 0. The van der Waals surface area contributed by atoms with Gasteiger partial charge < -0.3 is 9.64 Å². The van der Waals surface area contributed by atoms with Gasteiger partial charge in [-0.15, -0.1) is 0 Å². The predicted octanol–water partition coefficient (Wildman–Crippen LogP) is 4.42. The van der Waals surface area contributed by atoms with Crippen molar-refractivity contribution in [1.29, 1.82) is 0 Å². The second kappa shape index (κ2) is 11.5. The van der Waals surface area contributed by atoms with E-state index < -0.39 is 0 Å². The lowest BCUT2D eigenvalue weighted by atomic mass is 9.90. The topological polar surface area (TPSA) is 58.6 Å². The van der Waals surface area contributed by atoms with Crippen molar-refractivity contribution in [3.8, 4) is 0 Å². The molecule has 35 heavy (non-hydrogen) atoms. The van der Waals surface area contributed by atoms with Crippen molar-refractivity contribution < 1.29 is 9.53 Å². The summed E-state index contributed by atoms with van der Waals surface area (Å²) in [5, 5.41) is 1.73. The number of carbonyl (C=O) groups excluding carboxylic acids is 1. The number of para-hydroxylation sites is 1. The van der Waals surface area contributed by atoms with Crippen LogP contribution in [-0.4, -0.2) is 70.3 Å². The molecule has 7 heteroatoms. The summed E-state index contributed by atoms with van der Waals surface area (Å²) in [6, 6.07) is 18.8. The van der Waals surface area contributed by atoms with E-state index in [9.17, 15) is 4.79 Å². The summed E-state index contributed by atoms with van der Waals surface area (Å²) in [7, 11) is 0. The zero-order chi connectivity index (χ0) is 24.0. The maximum Gasteiger partial charge on any atom is 0.235 e. The molecule has 0 radical (unpaired) electrons. The SMILES string of the molecule is C[C@H](Sc1nc(CN2CCOCC2)nc2ccccc12)C(=O)N1CCC(Cc2ccccc2)CC1. The van der Waals surface area contributed by atoms with Gasteiger partial charge in [-0.2, -0.15) is 0 Å². The van der Waals surface area contributed by atoms with Crippen molar-refractivity contribution in [2.45, 2.75) is 43.0 Å². The van der Waals surface area contributed by atoms with Crippen molar-refractivity contribution in [1.82, 2.24) is 19.8 Å². The van der Waals surface area contributed by atoms with Crippen molar-refractivity contribution >= 4 is 28.6 Å². The molecule has 2 aliphatic rings. The van der Waals surface area contributed by atoms with Crippen molar-refractivity contribution in [3.05, 3.63) is 66.0 Å². The summed E-state index contributed by atoms with van der Waals surface area (Å²) in [4.78, 5) is 27.5. The molecule has 0 bridgehead atoms. The third-order valence-corrected chi connectivity index (χ3v) is 8.10. The van der Waals surface area contributed by atoms with Gasteiger partial charge in [0, 0.05) is 31.6 Å². The van der Waals surface area contributed by atoms with E-state index in [1.54, 1.807) is 11.8 Å². The van der Waals surface area contributed by atoms with E-state index in [0.717, 1.165) is 80.4 Å². The van der Waals surface area contributed by atoms with Crippen LogP contribution in [0.3, 0.4) is 0 Å². The monoisotopic (exact) mass is 490 g/mol. The number of thioether (sulfide) groups is 1. The van der Waals surface area contributed by atoms with Gasteiger partial charge >= 0.3 is 0 Å². The molecule has 3 aromatic rings. The Kier molecular flexibility index (Phi) is 7.96. The fraction of sp³-hybridized carbons (Fsp3) is 0.464. The number of ether oxygens (including phenoxy) is 1. The molecule has 0 saturated carbocycles. The molecule has 0 spiro atoms. The Morgan fingerprint density at radius 2 is 1.71 bits per heavy atom. The summed E-state index contributed by atoms with van der Waals surface area (Å²) >= 11 is 1.57. The summed E-state index contributed by atoms with van der Waals surface area (Å²) < 4.78 is 5.48. The maximum atomic E-state index is 13.3. The molecular weight excluding hydrogens is 456 g/mol. The number of benzene rings is 2. The van der Waals surface area contributed by atoms with E-state index in [-0.39, 0.29) is 11.2 Å². The van der Waals surface area contributed by atoms with Crippen LogP contribution in [-0.2, 0) is 22.5 Å². The van der Waals surface area contributed by atoms with Crippen molar-refractivity contribution in [2.24, 2.45) is 5.92 Å². The van der Waals surface area contributed by atoms with Crippen LogP contribution in [0.4, 0.5) is 0 Å². The summed E-state index contributed by atoms with van der Waals surface area (Å²) in [5.41, 5.74) is 2.33. The lowest BCUT2D eigenvalue weighted by molar-refractivity contribution is -0.131. The third kappa shape index (κ3) is 6.21. The second-order valence-electron chi connectivity index (χ2n) is 9.57. The van der Waals surface area contributed by atoms with E-state index in [1.165, 1.54) is 5.56 Å². The Morgan fingerprint density at radius 3 is 2.49 bits per heavy atom.